The Labute approximate surface area is 180 Å². The van der Waals surface area contributed by atoms with Crippen LogP contribution in [0.15, 0.2) is 48.0 Å². The molecule has 0 aliphatic carbocycles. The van der Waals surface area contributed by atoms with Gasteiger partial charge in [-0.3, -0.25) is 9.59 Å². The van der Waals surface area contributed by atoms with E-state index in [0.29, 0.717) is 24.2 Å². The molecule has 6 nitrogen and oxygen atoms in total. The molecule has 1 amide bonds. The van der Waals surface area contributed by atoms with Crippen molar-refractivity contribution in [1.82, 2.24) is 4.90 Å². The maximum Gasteiger partial charge on any atom is 0.295 e. The van der Waals surface area contributed by atoms with Gasteiger partial charge in [-0.2, -0.15) is 0 Å². The third-order valence-electron chi connectivity index (χ3n) is 5.17. The summed E-state index contributed by atoms with van der Waals surface area (Å²) in [7, 11) is 0. The first kappa shape index (κ1) is 22.5. The zero-order valence-electron chi connectivity index (χ0n) is 17.8. The van der Waals surface area contributed by atoms with E-state index >= 15 is 0 Å². The highest BCUT2D eigenvalue weighted by Crippen LogP contribution is 2.40. The molecule has 0 radical (unpaired) electrons. The summed E-state index contributed by atoms with van der Waals surface area (Å²) in [6, 6.07) is 9.31. The van der Waals surface area contributed by atoms with Gasteiger partial charge in [0.25, 0.3) is 11.7 Å². The Kier molecular flexibility index (Phi) is 6.75. The summed E-state index contributed by atoms with van der Waals surface area (Å²) in [6.45, 7) is 6.04. The van der Waals surface area contributed by atoms with E-state index < -0.39 is 23.5 Å². The number of carbonyl (C=O) groups excluding carboxylic acids is 2. The van der Waals surface area contributed by atoms with Crippen LogP contribution in [-0.4, -0.2) is 46.1 Å². The number of aliphatic hydroxyl groups excluding tert-OH is 1. The minimum atomic E-state index is -0.829. The van der Waals surface area contributed by atoms with E-state index in [1.54, 1.807) is 19.1 Å². The van der Waals surface area contributed by atoms with Gasteiger partial charge in [0.1, 0.15) is 17.3 Å². The van der Waals surface area contributed by atoms with Crippen LogP contribution in [0.1, 0.15) is 43.0 Å². The molecule has 31 heavy (non-hydrogen) atoms. The van der Waals surface area contributed by atoms with E-state index in [-0.39, 0.29) is 35.3 Å². The van der Waals surface area contributed by atoms with Crippen molar-refractivity contribution in [2.75, 3.05) is 13.2 Å². The fraction of sp³-hybridized carbons (Fsp3) is 0.333. The molecule has 2 aromatic carbocycles. The number of rotatable bonds is 7. The van der Waals surface area contributed by atoms with E-state index in [2.05, 4.69) is 0 Å². The fourth-order valence-electron chi connectivity index (χ4n) is 3.62. The van der Waals surface area contributed by atoms with Gasteiger partial charge in [0, 0.05) is 18.7 Å². The van der Waals surface area contributed by atoms with Crippen molar-refractivity contribution >= 4 is 17.4 Å². The lowest BCUT2D eigenvalue weighted by molar-refractivity contribution is -0.140. The van der Waals surface area contributed by atoms with E-state index in [4.69, 9.17) is 4.74 Å². The zero-order chi connectivity index (χ0) is 22.7. The minimum Gasteiger partial charge on any atom is -0.508 e. The Morgan fingerprint density at radius 2 is 1.84 bits per heavy atom. The molecule has 1 aliphatic rings. The highest BCUT2D eigenvalue weighted by Gasteiger charge is 2.45. The minimum absolute atomic E-state index is 0.0418. The summed E-state index contributed by atoms with van der Waals surface area (Å²) in [6.07, 6.45) is 0.556. The van der Waals surface area contributed by atoms with Gasteiger partial charge < -0.3 is 19.8 Å². The number of Topliss-reactive ketones (excluding diaryl/α,β-unsaturated/α-hetero) is 1. The van der Waals surface area contributed by atoms with Crippen LogP contribution in [0.2, 0.25) is 0 Å². The van der Waals surface area contributed by atoms with Crippen molar-refractivity contribution in [3.63, 3.8) is 0 Å². The van der Waals surface area contributed by atoms with Crippen molar-refractivity contribution in [3.8, 4) is 5.75 Å². The summed E-state index contributed by atoms with van der Waals surface area (Å²) in [5, 5.41) is 20.6. The first-order valence-corrected chi connectivity index (χ1v) is 10.2. The molecule has 0 saturated carbocycles. The maximum atomic E-state index is 13.7. The molecule has 1 aliphatic heterocycles. The number of aromatic hydroxyl groups is 1. The van der Waals surface area contributed by atoms with Crippen LogP contribution < -0.4 is 0 Å². The zero-order valence-corrected chi connectivity index (χ0v) is 17.8. The third-order valence-corrected chi connectivity index (χ3v) is 5.17. The lowest BCUT2D eigenvalue weighted by Gasteiger charge is -2.25. The monoisotopic (exact) mass is 427 g/mol. The lowest BCUT2D eigenvalue weighted by atomic mass is 9.94. The molecule has 2 N–H and O–H groups in total. The topological polar surface area (TPSA) is 87.1 Å². The van der Waals surface area contributed by atoms with Crippen molar-refractivity contribution in [2.24, 2.45) is 0 Å². The Balaban J connectivity index is 2.04. The number of ether oxygens (including phenoxy) is 1. The molecule has 2 aromatic rings. The Morgan fingerprint density at radius 3 is 2.45 bits per heavy atom. The number of aryl methyl sites for hydroxylation is 1. The number of hydrogen-bond donors (Lipinski definition) is 2. The first-order valence-electron chi connectivity index (χ1n) is 10.2. The number of benzene rings is 2. The standard InChI is InChI=1S/C24H26FNO5/c1-14(2)31-12-4-11-26-21(16-5-8-18(27)9-6-16)20(23(29)24(26)30)22(28)17-7-10-19(25)15(3)13-17/h5-10,13-14,21,27-28H,4,11-12H2,1-3H3/b22-20-. The number of phenols is 1. The number of halogens is 1. The molecule has 1 unspecified atom stereocenters. The van der Waals surface area contributed by atoms with Crippen molar-refractivity contribution < 1.29 is 28.9 Å². The number of hydrogen-bond acceptors (Lipinski definition) is 5. The molecule has 1 atom stereocenters. The molecule has 0 spiro atoms. The Hall–Kier alpha value is -3.19. The summed E-state index contributed by atoms with van der Waals surface area (Å²) in [4.78, 5) is 27.1. The largest absolute Gasteiger partial charge is 0.508 e. The first-order chi connectivity index (χ1) is 14.7. The lowest BCUT2D eigenvalue weighted by Crippen LogP contribution is -2.31. The van der Waals surface area contributed by atoms with Crippen LogP contribution in [-0.2, 0) is 14.3 Å². The fourth-order valence-corrected chi connectivity index (χ4v) is 3.62. The molecule has 7 heteroatoms. The smallest absolute Gasteiger partial charge is 0.295 e. The van der Waals surface area contributed by atoms with Crippen molar-refractivity contribution in [1.29, 1.82) is 0 Å². The predicted molar refractivity (Wildman–Crippen MR) is 114 cm³/mol. The van der Waals surface area contributed by atoms with Gasteiger partial charge in [0.2, 0.25) is 0 Å². The number of carbonyl (C=O) groups is 2. The second-order valence-electron chi connectivity index (χ2n) is 7.82. The van der Waals surface area contributed by atoms with E-state index in [0.717, 1.165) is 0 Å². The van der Waals surface area contributed by atoms with Crippen LogP contribution in [0.5, 0.6) is 5.75 Å². The van der Waals surface area contributed by atoms with Gasteiger partial charge in [0.05, 0.1) is 17.7 Å². The summed E-state index contributed by atoms with van der Waals surface area (Å²) >= 11 is 0. The molecule has 1 heterocycles. The van der Waals surface area contributed by atoms with Gasteiger partial charge in [-0.05, 0) is 68.7 Å². The summed E-state index contributed by atoms with van der Waals surface area (Å²) < 4.78 is 19.2. The number of nitrogens with zero attached hydrogens (tertiary/aromatic N) is 1. The second-order valence-corrected chi connectivity index (χ2v) is 7.82. The molecule has 1 saturated heterocycles. The Bertz CT molecular complexity index is 1010. The van der Waals surface area contributed by atoms with Crippen molar-refractivity contribution in [3.05, 3.63) is 70.5 Å². The van der Waals surface area contributed by atoms with Crippen LogP contribution in [0.3, 0.4) is 0 Å². The number of phenolic OH excluding ortho intramolecular Hbond substituents is 1. The molecular formula is C24H26FNO5. The number of aliphatic hydroxyl groups is 1. The highest BCUT2D eigenvalue weighted by molar-refractivity contribution is 6.46. The van der Waals surface area contributed by atoms with Gasteiger partial charge in [-0.25, -0.2) is 4.39 Å². The number of likely N-dealkylation sites (tertiary alicyclic amines) is 1. The van der Waals surface area contributed by atoms with E-state index in [9.17, 15) is 24.2 Å². The summed E-state index contributed by atoms with van der Waals surface area (Å²) in [5.74, 6) is -2.27. The van der Waals surface area contributed by atoms with E-state index in [1.165, 1.54) is 35.2 Å². The van der Waals surface area contributed by atoms with E-state index in [1.807, 2.05) is 13.8 Å². The summed E-state index contributed by atoms with van der Waals surface area (Å²) in [5.41, 5.74) is 1.07. The van der Waals surface area contributed by atoms with Gasteiger partial charge in [-0.15, -0.1) is 0 Å². The number of amides is 1. The van der Waals surface area contributed by atoms with Crippen LogP contribution >= 0.6 is 0 Å². The van der Waals surface area contributed by atoms with Gasteiger partial charge >= 0.3 is 0 Å². The SMILES string of the molecule is Cc1cc(/C(O)=C2/C(=O)C(=O)N(CCCOC(C)C)C2c2ccc(O)cc2)ccc1F. The molecule has 1 fully saturated rings. The molecular weight excluding hydrogens is 401 g/mol. The van der Waals surface area contributed by atoms with Crippen LogP contribution in [0, 0.1) is 12.7 Å². The van der Waals surface area contributed by atoms with Crippen LogP contribution in [0.25, 0.3) is 5.76 Å². The maximum absolute atomic E-state index is 13.7. The van der Waals surface area contributed by atoms with Crippen LogP contribution in [0.4, 0.5) is 4.39 Å². The molecule has 3 rings (SSSR count). The molecule has 164 valence electrons. The molecule has 0 aromatic heterocycles. The average Bonchev–Trinajstić information content (AvgIpc) is 2.98. The van der Waals surface area contributed by atoms with Crippen molar-refractivity contribution in [2.45, 2.75) is 39.3 Å². The van der Waals surface area contributed by atoms with Gasteiger partial charge in [0.15, 0.2) is 0 Å². The molecule has 0 bridgehead atoms. The predicted octanol–water partition coefficient (Wildman–Crippen LogP) is 4.08. The average molecular weight is 427 g/mol. The third kappa shape index (κ3) is 4.77. The Morgan fingerprint density at radius 1 is 1.16 bits per heavy atom. The highest BCUT2D eigenvalue weighted by atomic mass is 19.1. The van der Waals surface area contributed by atoms with Gasteiger partial charge in [-0.1, -0.05) is 12.1 Å². The quantitative estimate of drug-likeness (QED) is 0.301. The second kappa shape index (κ2) is 9.31. The normalized spacial score (nSPS) is 18.2. The number of ketones is 1.